The molecule has 0 aliphatic heterocycles. The molecule has 1 aromatic carbocycles. The number of benzene rings is 1. The van der Waals surface area contributed by atoms with Crippen molar-refractivity contribution in [3.63, 3.8) is 0 Å². The molecule has 1 fully saturated rings. The molecule has 1 saturated carbocycles. The first-order valence-corrected chi connectivity index (χ1v) is 4.54. The fraction of sp³-hybridized carbons (Fsp3) is 0.400. The molecule has 14 heavy (non-hydrogen) atoms. The molecule has 2 rings (SSSR count). The lowest BCUT2D eigenvalue weighted by Crippen LogP contribution is -2.02. The summed E-state index contributed by atoms with van der Waals surface area (Å²) in [4.78, 5) is 0. The van der Waals surface area contributed by atoms with Gasteiger partial charge < -0.3 is 10.5 Å². The van der Waals surface area contributed by atoms with Gasteiger partial charge in [-0.2, -0.15) is 0 Å². The lowest BCUT2D eigenvalue weighted by Gasteiger charge is -2.07. The van der Waals surface area contributed by atoms with E-state index in [4.69, 9.17) is 10.5 Å². The Bertz CT molecular complexity index is 350. The topological polar surface area (TPSA) is 35.2 Å². The molecule has 1 aromatic rings. The second kappa shape index (κ2) is 3.44. The van der Waals surface area contributed by atoms with Gasteiger partial charge in [0.15, 0.2) is 11.6 Å². The third-order valence-electron chi connectivity index (χ3n) is 2.22. The maximum Gasteiger partial charge on any atom is 0.168 e. The van der Waals surface area contributed by atoms with Crippen molar-refractivity contribution in [3.8, 4) is 5.75 Å². The van der Waals surface area contributed by atoms with Gasteiger partial charge in [0.05, 0.1) is 12.3 Å². The molecule has 0 aromatic heterocycles. The number of halogens is 2. The Hall–Kier alpha value is -1.32. The largest absolute Gasteiger partial charge is 0.490 e. The molecule has 4 heteroatoms. The summed E-state index contributed by atoms with van der Waals surface area (Å²) in [6.45, 7) is 0.488. The van der Waals surface area contributed by atoms with E-state index in [0.29, 0.717) is 12.5 Å². The van der Waals surface area contributed by atoms with Crippen molar-refractivity contribution in [3.05, 3.63) is 23.8 Å². The normalized spacial score (nSPS) is 15.6. The number of nitrogens with two attached hydrogens (primary N) is 1. The zero-order chi connectivity index (χ0) is 10.1. The predicted octanol–water partition coefficient (Wildman–Crippen LogP) is 2.34. The molecule has 76 valence electrons. The van der Waals surface area contributed by atoms with Crippen molar-refractivity contribution >= 4 is 5.69 Å². The fourth-order valence-corrected chi connectivity index (χ4v) is 1.15. The van der Waals surface area contributed by atoms with Gasteiger partial charge >= 0.3 is 0 Å². The highest BCUT2D eigenvalue weighted by molar-refractivity contribution is 5.46. The molecule has 2 N–H and O–H groups in total. The van der Waals surface area contributed by atoms with E-state index >= 15 is 0 Å². The first-order valence-electron chi connectivity index (χ1n) is 4.54. The smallest absolute Gasteiger partial charge is 0.168 e. The summed E-state index contributed by atoms with van der Waals surface area (Å²) in [7, 11) is 0. The maximum atomic E-state index is 13.1. The molecule has 1 aliphatic rings. The van der Waals surface area contributed by atoms with Crippen molar-refractivity contribution in [2.45, 2.75) is 12.8 Å². The van der Waals surface area contributed by atoms with Gasteiger partial charge in [-0.1, -0.05) is 0 Å². The van der Waals surface area contributed by atoms with Crippen molar-refractivity contribution in [1.29, 1.82) is 0 Å². The van der Waals surface area contributed by atoms with Crippen molar-refractivity contribution in [1.82, 2.24) is 0 Å². The van der Waals surface area contributed by atoms with Crippen molar-refractivity contribution < 1.29 is 13.5 Å². The summed E-state index contributed by atoms with van der Waals surface area (Å²) in [5.41, 5.74) is 5.20. The van der Waals surface area contributed by atoms with E-state index in [-0.39, 0.29) is 11.4 Å². The van der Waals surface area contributed by atoms with Gasteiger partial charge in [0.25, 0.3) is 0 Å². The van der Waals surface area contributed by atoms with Gasteiger partial charge in [-0.15, -0.1) is 0 Å². The highest BCUT2D eigenvalue weighted by Gasteiger charge is 2.22. The SMILES string of the molecule is Nc1cc(OCC2CC2)c(F)cc1F. The summed E-state index contributed by atoms with van der Waals surface area (Å²) in [6.07, 6.45) is 2.25. The number of hydrogen-bond donors (Lipinski definition) is 1. The average Bonchev–Trinajstić information content (AvgIpc) is 2.92. The maximum absolute atomic E-state index is 13.1. The lowest BCUT2D eigenvalue weighted by molar-refractivity contribution is 0.285. The van der Waals surface area contributed by atoms with Crippen LogP contribution >= 0.6 is 0 Å². The molecule has 0 atom stereocenters. The van der Waals surface area contributed by atoms with Crippen LogP contribution in [0.25, 0.3) is 0 Å². The first-order chi connectivity index (χ1) is 6.66. The highest BCUT2D eigenvalue weighted by Crippen LogP contribution is 2.31. The van der Waals surface area contributed by atoms with Gasteiger partial charge in [0, 0.05) is 12.1 Å². The Morgan fingerprint density at radius 3 is 2.64 bits per heavy atom. The van der Waals surface area contributed by atoms with E-state index in [2.05, 4.69) is 0 Å². The lowest BCUT2D eigenvalue weighted by atomic mass is 10.3. The van der Waals surface area contributed by atoms with Crippen LogP contribution in [-0.4, -0.2) is 6.61 Å². The minimum Gasteiger partial charge on any atom is -0.490 e. The minimum absolute atomic E-state index is 0.0378. The van der Waals surface area contributed by atoms with Crippen molar-refractivity contribution in [2.24, 2.45) is 5.92 Å². The van der Waals surface area contributed by atoms with E-state index in [9.17, 15) is 8.78 Å². The fourth-order valence-electron chi connectivity index (χ4n) is 1.15. The van der Waals surface area contributed by atoms with Gasteiger partial charge in [-0.05, 0) is 18.8 Å². The van der Waals surface area contributed by atoms with Gasteiger partial charge in [-0.25, -0.2) is 8.78 Å². The summed E-state index contributed by atoms with van der Waals surface area (Å²) in [5.74, 6) is -0.880. The Morgan fingerprint density at radius 2 is 2.00 bits per heavy atom. The summed E-state index contributed by atoms with van der Waals surface area (Å²) in [6, 6.07) is 1.94. The van der Waals surface area contributed by atoms with Crippen molar-refractivity contribution in [2.75, 3.05) is 12.3 Å². The van der Waals surface area contributed by atoms with Gasteiger partial charge in [0.1, 0.15) is 5.82 Å². The second-order valence-electron chi connectivity index (χ2n) is 3.56. The molecule has 0 spiro atoms. The first kappa shape index (κ1) is 9.24. The van der Waals surface area contributed by atoms with E-state index < -0.39 is 11.6 Å². The summed E-state index contributed by atoms with van der Waals surface area (Å²) in [5, 5.41) is 0. The molecule has 0 heterocycles. The Morgan fingerprint density at radius 1 is 1.29 bits per heavy atom. The summed E-state index contributed by atoms with van der Waals surface area (Å²) >= 11 is 0. The molecule has 0 unspecified atom stereocenters. The van der Waals surface area contributed by atoms with Gasteiger partial charge in [-0.3, -0.25) is 0 Å². The van der Waals surface area contributed by atoms with Crippen LogP contribution in [0.4, 0.5) is 14.5 Å². The van der Waals surface area contributed by atoms with Crippen LogP contribution in [-0.2, 0) is 0 Å². The van der Waals surface area contributed by atoms with Crippen LogP contribution in [0.1, 0.15) is 12.8 Å². The molecule has 0 radical (unpaired) electrons. The van der Waals surface area contributed by atoms with Gasteiger partial charge in [0.2, 0.25) is 0 Å². The Balaban J connectivity index is 2.10. The molecule has 1 aliphatic carbocycles. The molecular weight excluding hydrogens is 188 g/mol. The monoisotopic (exact) mass is 199 g/mol. The van der Waals surface area contributed by atoms with Crippen LogP contribution in [0.5, 0.6) is 5.75 Å². The van der Waals surface area contributed by atoms with E-state index in [0.717, 1.165) is 18.9 Å². The van der Waals surface area contributed by atoms with Crippen LogP contribution < -0.4 is 10.5 Å². The zero-order valence-corrected chi connectivity index (χ0v) is 7.59. The molecule has 0 saturated heterocycles. The minimum atomic E-state index is -0.749. The van der Waals surface area contributed by atoms with E-state index in [1.165, 1.54) is 6.07 Å². The highest BCUT2D eigenvalue weighted by atomic mass is 19.1. The van der Waals surface area contributed by atoms with E-state index in [1.807, 2.05) is 0 Å². The standard InChI is InChI=1S/C10H11F2NO/c11-7-3-8(12)10(4-9(7)13)14-5-6-1-2-6/h3-4,6H,1-2,5,13H2. The molecule has 2 nitrogen and oxygen atoms in total. The number of rotatable bonds is 3. The van der Waals surface area contributed by atoms with E-state index in [1.54, 1.807) is 0 Å². The third-order valence-corrected chi connectivity index (χ3v) is 2.22. The number of hydrogen-bond acceptors (Lipinski definition) is 2. The summed E-state index contributed by atoms with van der Waals surface area (Å²) < 4.78 is 31.0. The molecular formula is C10H11F2NO. The molecule has 0 bridgehead atoms. The molecule has 0 amide bonds. The number of ether oxygens (including phenoxy) is 1. The Kier molecular flexibility index (Phi) is 2.27. The van der Waals surface area contributed by atoms with Crippen LogP contribution in [0.2, 0.25) is 0 Å². The second-order valence-corrected chi connectivity index (χ2v) is 3.56. The zero-order valence-electron chi connectivity index (χ0n) is 7.59. The third kappa shape index (κ3) is 1.95. The quantitative estimate of drug-likeness (QED) is 0.758. The number of nitrogen functional groups attached to an aromatic ring is 1. The van der Waals surface area contributed by atoms with Crippen LogP contribution in [0, 0.1) is 17.6 Å². The van der Waals surface area contributed by atoms with Crippen LogP contribution in [0.15, 0.2) is 12.1 Å². The average molecular weight is 199 g/mol. The number of anilines is 1. The Labute approximate surface area is 80.7 Å². The van der Waals surface area contributed by atoms with Crippen LogP contribution in [0.3, 0.4) is 0 Å². The predicted molar refractivity (Wildman–Crippen MR) is 49.0 cm³/mol.